The molecule has 1 N–H and O–H groups in total. The summed E-state index contributed by atoms with van der Waals surface area (Å²) < 4.78 is 11.1. The van der Waals surface area contributed by atoms with Gasteiger partial charge in [0, 0.05) is 13.3 Å². The van der Waals surface area contributed by atoms with E-state index in [4.69, 9.17) is 14.6 Å². The molecule has 14 heavy (non-hydrogen) atoms. The van der Waals surface area contributed by atoms with Crippen LogP contribution < -0.4 is 4.74 Å². The summed E-state index contributed by atoms with van der Waals surface area (Å²) in [4.78, 5) is 10.7. The minimum Gasteiger partial charge on any atom is -0.479 e. The number of rotatable bonds is 5. The number of carboxylic acid groups (broad SMARTS) is 1. The molecule has 0 fully saturated rings. The van der Waals surface area contributed by atoms with Crippen LogP contribution in [0.2, 0.25) is 0 Å². The topological polar surface area (TPSA) is 73.6 Å². The number of hydrogen-bond acceptors (Lipinski definition) is 4. The summed E-state index contributed by atoms with van der Waals surface area (Å²) >= 11 is 0. The summed E-state index contributed by atoms with van der Waals surface area (Å²) in [7, 11) is 2.95. The fraction of sp³-hybridized carbons (Fsp3) is 0.500. The molecule has 0 saturated carbocycles. The van der Waals surface area contributed by atoms with Gasteiger partial charge in [0.15, 0.2) is 0 Å². The highest BCUT2D eigenvalue weighted by molar-refractivity contribution is 5.89. The molecule has 0 aliphatic rings. The Morgan fingerprint density at radius 3 is 2.79 bits per heavy atom. The first-order chi connectivity index (χ1) is 6.69. The summed E-state index contributed by atoms with van der Waals surface area (Å²) in [6.07, 6.45) is 1.42. The predicted octanol–water partition coefficient (Wildman–Crippen LogP) is 0.236. The maximum atomic E-state index is 10.7. The Labute approximate surface area is 81.0 Å². The van der Waals surface area contributed by atoms with E-state index in [1.54, 1.807) is 7.11 Å². The van der Waals surface area contributed by atoms with E-state index in [-0.39, 0.29) is 11.4 Å². The predicted molar refractivity (Wildman–Crippen MR) is 47.6 cm³/mol. The van der Waals surface area contributed by atoms with Crippen molar-refractivity contribution in [1.82, 2.24) is 9.78 Å². The second kappa shape index (κ2) is 4.61. The van der Waals surface area contributed by atoms with E-state index in [1.165, 1.54) is 18.0 Å². The Morgan fingerprint density at radius 1 is 1.64 bits per heavy atom. The van der Waals surface area contributed by atoms with Crippen molar-refractivity contribution in [2.45, 2.75) is 6.54 Å². The first-order valence-electron chi connectivity index (χ1n) is 4.02. The standard InChI is InChI=1S/C8H12N2O4/c1-13-4-3-10-5-6(8(11)12)7(9-10)14-2/h5H,3-4H2,1-2H3,(H,11,12). The lowest BCUT2D eigenvalue weighted by Gasteiger charge is -1.97. The lowest BCUT2D eigenvalue weighted by atomic mass is 10.3. The monoisotopic (exact) mass is 200 g/mol. The highest BCUT2D eigenvalue weighted by Gasteiger charge is 2.15. The SMILES string of the molecule is COCCn1cc(C(=O)O)c(OC)n1. The van der Waals surface area contributed by atoms with Crippen LogP contribution in [0.5, 0.6) is 5.88 Å². The van der Waals surface area contributed by atoms with E-state index in [2.05, 4.69) is 5.10 Å². The zero-order valence-electron chi connectivity index (χ0n) is 8.06. The Hall–Kier alpha value is -1.56. The zero-order chi connectivity index (χ0) is 10.6. The van der Waals surface area contributed by atoms with E-state index in [1.807, 2.05) is 0 Å². The highest BCUT2D eigenvalue weighted by atomic mass is 16.5. The molecular formula is C8H12N2O4. The lowest BCUT2D eigenvalue weighted by molar-refractivity contribution is 0.0693. The second-order valence-corrected chi connectivity index (χ2v) is 2.61. The van der Waals surface area contributed by atoms with E-state index in [0.29, 0.717) is 13.2 Å². The molecule has 0 saturated heterocycles. The fourth-order valence-electron chi connectivity index (χ4n) is 1.00. The summed E-state index contributed by atoms with van der Waals surface area (Å²) in [5.74, 6) is -0.931. The fourth-order valence-corrected chi connectivity index (χ4v) is 1.00. The average molecular weight is 200 g/mol. The molecule has 0 spiro atoms. The molecule has 1 aromatic rings. The van der Waals surface area contributed by atoms with Crippen molar-refractivity contribution < 1.29 is 19.4 Å². The molecule has 1 aromatic heterocycles. The largest absolute Gasteiger partial charge is 0.479 e. The van der Waals surface area contributed by atoms with Crippen molar-refractivity contribution in [3.63, 3.8) is 0 Å². The molecule has 0 radical (unpaired) electrons. The van der Waals surface area contributed by atoms with Crippen LogP contribution in [0.15, 0.2) is 6.20 Å². The highest BCUT2D eigenvalue weighted by Crippen LogP contribution is 2.14. The summed E-state index contributed by atoms with van der Waals surface area (Å²) in [5, 5.41) is 12.7. The number of ether oxygens (including phenoxy) is 2. The summed E-state index contributed by atoms with van der Waals surface area (Å²) in [6.45, 7) is 0.976. The molecule has 6 heteroatoms. The van der Waals surface area contributed by atoms with Crippen LogP contribution in [0.4, 0.5) is 0 Å². The second-order valence-electron chi connectivity index (χ2n) is 2.61. The van der Waals surface area contributed by atoms with Gasteiger partial charge in [0.25, 0.3) is 0 Å². The van der Waals surface area contributed by atoms with Crippen molar-refractivity contribution in [2.24, 2.45) is 0 Å². The molecule has 0 bridgehead atoms. The van der Waals surface area contributed by atoms with Crippen LogP contribution in [0, 0.1) is 0 Å². The van der Waals surface area contributed by atoms with Gasteiger partial charge >= 0.3 is 5.97 Å². The van der Waals surface area contributed by atoms with Crippen LogP contribution in [-0.2, 0) is 11.3 Å². The Bertz CT molecular complexity index is 321. The molecule has 0 aromatic carbocycles. The Morgan fingerprint density at radius 2 is 2.36 bits per heavy atom. The lowest BCUT2D eigenvalue weighted by Crippen LogP contribution is -2.04. The van der Waals surface area contributed by atoms with Gasteiger partial charge in [0.2, 0.25) is 5.88 Å². The van der Waals surface area contributed by atoms with Crippen molar-refractivity contribution >= 4 is 5.97 Å². The van der Waals surface area contributed by atoms with Crippen LogP contribution in [0.25, 0.3) is 0 Å². The Kier molecular flexibility index (Phi) is 3.47. The summed E-state index contributed by atoms with van der Waals surface area (Å²) in [6, 6.07) is 0. The van der Waals surface area contributed by atoms with E-state index in [0.717, 1.165) is 0 Å². The third-order valence-corrected chi connectivity index (χ3v) is 1.68. The zero-order valence-corrected chi connectivity index (χ0v) is 8.06. The number of carbonyl (C=O) groups is 1. The van der Waals surface area contributed by atoms with E-state index in [9.17, 15) is 4.79 Å². The molecule has 0 unspecified atom stereocenters. The van der Waals surface area contributed by atoms with Crippen LogP contribution in [0.1, 0.15) is 10.4 Å². The van der Waals surface area contributed by atoms with Gasteiger partial charge < -0.3 is 14.6 Å². The van der Waals surface area contributed by atoms with Gasteiger partial charge in [-0.25, -0.2) is 4.79 Å². The smallest absolute Gasteiger partial charge is 0.342 e. The number of aromatic nitrogens is 2. The van der Waals surface area contributed by atoms with Crippen LogP contribution in [0.3, 0.4) is 0 Å². The first-order valence-corrected chi connectivity index (χ1v) is 4.02. The number of methoxy groups -OCH3 is 2. The van der Waals surface area contributed by atoms with Crippen LogP contribution >= 0.6 is 0 Å². The van der Waals surface area contributed by atoms with Crippen molar-refractivity contribution in [1.29, 1.82) is 0 Å². The molecule has 0 amide bonds. The average Bonchev–Trinajstić information content (AvgIpc) is 2.57. The van der Waals surface area contributed by atoms with Gasteiger partial charge in [-0.05, 0) is 0 Å². The molecule has 0 aliphatic carbocycles. The maximum absolute atomic E-state index is 10.7. The number of hydrogen-bond donors (Lipinski definition) is 1. The van der Waals surface area contributed by atoms with Gasteiger partial charge in [-0.15, -0.1) is 5.10 Å². The van der Waals surface area contributed by atoms with E-state index >= 15 is 0 Å². The minimum absolute atomic E-state index is 0.0589. The number of aromatic carboxylic acids is 1. The van der Waals surface area contributed by atoms with Gasteiger partial charge in [0.05, 0.1) is 20.3 Å². The van der Waals surface area contributed by atoms with Gasteiger partial charge in [-0.1, -0.05) is 0 Å². The third-order valence-electron chi connectivity index (χ3n) is 1.68. The maximum Gasteiger partial charge on any atom is 0.342 e. The van der Waals surface area contributed by atoms with Crippen LogP contribution in [-0.4, -0.2) is 41.7 Å². The van der Waals surface area contributed by atoms with Crippen molar-refractivity contribution in [2.75, 3.05) is 20.8 Å². The third kappa shape index (κ3) is 2.23. The number of nitrogens with zero attached hydrogens (tertiary/aromatic N) is 2. The number of carboxylic acids is 1. The van der Waals surface area contributed by atoms with Gasteiger partial charge in [-0.2, -0.15) is 0 Å². The quantitative estimate of drug-likeness (QED) is 0.736. The van der Waals surface area contributed by atoms with Gasteiger partial charge in [-0.3, -0.25) is 4.68 Å². The minimum atomic E-state index is -1.05. The molecule has 1 rings (SSSR count). The normalized spacial score (nSPS) is 10.1. The van der Waals surface area contributed by atoms with E-state index < -0.39 is 5.97 Å². The molecule has 6 nitrogen and oxygen atoms in total. The molecule has 0 aliphatic heterocycles. The van der Waals surface area contributed by atoms with Gasteiger partial charge in [0.1, 0.15) is 5.56 Å². The summed E-state index contributed by atoms with van der Waals surface area (Å²) in [5.41, 5.74) is 0.0589. The molecule has 78 valence electrons. The molecular weight excluding hydrogens is 188 g/mol. The van der Waals surface area contributed by atoms with Crippen molar-refractivity contribution in [3.05, 3.63) is 11.8 Å². The first kappa shape index (κ1) is 10.5. The van der Waals surface area contributed by atoms with Crippen molar-refractivity contribution in [3.8, 4) is 5.88 Å². The molecule has 0 atom stereocenters. The Balaban J connectivity index is 2.83. The molecule has 1 heterocycles.